The van der Waals surface area contributed by atoms with Crippen molar-refractivity contribution in [3.05, 3.63) is 17.3 Å². The molecule has 0 aliphatic rings. The molecule has 1 aromatic heterocycles. The largest absolute Gasteiger partial charge is 0.574 e. The van der Waals surface area contributed by atoms with Crippen LogP contribution in [0, 0.1) is 0 Å². The summed E-state index contributed by atoms with van der Waals surface area (Å²) in [6.07, 6.45) is -8.42. The lowest BCUT2D eigenvalue weighted by atomic mass is 10.2. The molecule has 20 heavy (non-hydrogen) atoms. The van der Waals surface area contributed by atoms with Gasteiger partial charge < -0.3 is 14.2 Å². The SMILES string of the molecule is COC(=O)c1cc(OC)c(C(F)F)nc1OC(F)(F)F. The van der Waals surface area contributed by atoms with E-state index in [9.17, 15) is 26.7 Å². The molecule has 112 valence electrons. The zero-order valence-electron chi connectivity index (χ0n) is 10.1. The molecular weight excluding hydrogens is 293 g/mol. The van der Waals surface area contributed by atoms with Gasteiger partial charge in [-0.15, -0.1) is 13.2 Å². The van der Waals surface area contributed by atoms with Crippen LogP contribution in [0.5, 0.6) is 11.6 Å². The van der Waals surface area contributed by atoms with Gasteiger partial charge in [-0.3, -0.25) is 0 Å². The van der Waals surface area contributed by atoms with E-state index in [0.29, 0.717) is 6.07 Å². The molecule has 0 amide bonds. The summed E-state index contributed by atoms with van der Waals surface area (Å²) in [7, 11) is 1.89. The van der Waals surface area contributed by atoms with Gasteiger partial charge in [-0.05, 0) is 0 Å². The van der Waals surface area contributed by atoms with E-state index < -0.39 is 41.6 Å². The predicted octanol–water partition coefficient (Wildman–Crippen LogP) is 2.71. The predicted molar refractivity (Wildman–Crippen MR) is 53.8 cm³/mol. The Hall–Kier alpha value is -2.13. The summed E-state index contributed by atoms with van der Waals surface area (Å²) in [4.78, 5) is 14.3. The normalized spacial score (nSPS) is 11.4. The number of halogens is 5. The number of pyridine rings is 1. The maximum atomic E-state index is 12.6. The van der Waals surface area contributed by atoms with Crippen molar-refractivity contribution in [2.45, 2.75) is 12.8 Å². The molecule has 1 aromatic rings. The smallest absolute Gasteiger partial charge is 0.495 e. The second-order valence-corrected chi connectivity index (χ2v) is 3.27. The van der Waals surface area contributed by atoms with Crippen LogP contribution >= 0.6 is 0 Å². The van der Waals surface area contributed by atoms with E-state index in [-0.39, 0.29) is 0 Å². The van der Waals surface area contributed by atoms with Crippen LogP contribution in [0.25, 0.3) is 0 Å². The number of ether oxygens (including phenoxy) is 3. The van der Waals surface area contributed by atoms with Crippen LogP contribution < -0.4 is 9.47 Å². The van der Waals surface area contributed by atoms with Gasteiger partial charge in [0, 0.05) is 6.07 Å². The summed E-state index contributed by atoms with van der Waals surface area (Å²) < 4.78 is 74.0. The first-order chi connectivity index (χ1) is 9.19. The molecule has 0 fully saturated rings. The zero-order chi connectivity index (χ0) is 15.5. The van der Waals surface area contributed by atoms with Gasteiger partial charge in [0.05, 0.1) is 14.2 Å². The van der Waals surface area contributed by atoms with Crippen molar-refractivity contribution in [3.63, 3.8) is 0 Å². The summed E-state index contributed by atoms with van der Waals surface area (Å²) in [6.45, 7) is 0. The third kappa shape index (κ3) is 3.68. The minimum Gasteiger partial charge on any atom is -0.495 e. The molecule has 0 bridgehead atoms. The molecule has 0 aliphatic heterocycles. The van der Waals surface area contributed by atoms with Crippen LogP contribution in [-0.4, -0.2) is 31.5 Å². The highest BCUT2D eigenvalue weighted by Gasteiger charge is 2.35. The molecular formula is C10H8F5NO4. The van der Waals surface area contributed by atoms with E-state index in [2.05, 4.69) is 19.2 Å². The van der Waals surface area contributed by atoms with Crippen LogP contribution in [0.3, 0.4) is 0 Å². The lowest BCUT2D eigenvalue weighted by Gasteiger charge is -2.14. The minimum absolute atomic E-state index is 0.560. The molecule has 10 heteroatoms. The Morgan fingerprint density at radius 3 is 2.30 bits per heavy atom. The van der Waals surface area contributed by atoms with E-state index in [1.165, 1.54) is 0 Å². The monoisotopic (exact) mass is 301 g/mol. The number of alkyl halides is 5. The van der Waals surface area contributed by atoms with Gasteiger partial charge in [0.2, 0.25) is 5.88 Å². The molecule has 0 unspecified atom stereocenters. The van der Waals surface area contributed by atoms with E-state index in [1.807, 2.05) is 0 Å². The summed E-state index contributed by atoms with van der Waals surface area (Å²) in [6, 6.07) is 0.640. The van der Waals surface area contributed by atoms with Crippen molar-refractivity contribution in [1.82, 2.24) is 4.98 Å². The topological polar surface area (TPSA) is 57.7 Å². The fraction of sp³-hybridized carbons (Fsp3) is 0.400. The first-order valence-electron chi connectivity index (χ1n) is 4.90. The highest BCUT2D eigenvalue weighted by atomic mass is 19.4. The average Bonchev–Trinajstić information content (AvgIpc) is 2.35. The third-order valence-corrected chi connectivity index (χ3v) is 2.02. The van der Waals surface area contributed by atoms with Crippen molar-refractivity contribution >= 4 is 5.97 Å². The van der Waals surface area contributed by atoms with Gasteiger partial charge >= 0.3 is 12.3 Å². The Kier molecular flexibility index (Phi) is 4.69. The quantitative estimate of drug-likeness (QED) is 0.632. The van der Waals surface area contributed by atoms with Crippen molar-refractivity contribution in [3.8, 4) is 11.6 Å². The molecule has 0 saturated carbocycles. The Morgan fingerprint density at radius 1 is 1.30 bits per heavy atom. The van der Waals surface area contributed by atoms with E-state index in [1.54, 1.807) is 0 Å². The van der Waals surface area contributed by atoms with Gasteiger partial charge in [-0.25, -0.2) is 18.6 Å². The zero-order valence-corrected chi connectivity index (χ0v) is 10.1. The minimum atomic E-state index is -5.20. The van der Waals surface area contributed by atoms with Crippen molar-refractivity contribution in [2.24, 2.45) is 0 Å². The maximum Gasteiger partial charge on any atom is 0.574 e. The Bertz CT molecular complexity index is 503. The molecule has 0 atom stereocenters. The van der Waals surface area contributed by atoms with Crippen LogP contribution in [-0.2, 0) is 4.74 Å². The fourth-order valence-electron chi connectivity index (χ4n) is 1.25. The van der Waals surface area contributed by atoms with Crippen LogP contribution in [0.15, 0.2) is 6.07 Å². The second-order valence-electron chi connectivity index (χ2n) is 3.27. The number of aromatic nitrogens is 1. The number of hydrogen-bond donors (Lipinski definition) is 0. The third-order valence-electron chi connectivity index (χ3n) is 2.02. The van der Waals surface area contributed by atoms with Crippen molar-refractivity contribution in [2.75, 3.05) is 14.2 Å². The van der Waals surface area contributed by atoms with Crippen molar-refractivity contribution < 1.29 is 41.0 Å². The van der Waals surface area contributed by atoms with E-state index in [4.69, 9.17) is 0 Å². The number of methoxy groups -OCH3 is 2. The van der Waals surface area contributed by atoms with E-state index in [0.717, 1.165) is 14.2 Å². The Balaban J connectivity index is 3.43. The molecule has 0 spiro atoms. The lowest BCUT2D eigenvalue weighted by molar-refractivity contribution is -0.276. The number of rotatable bonds is 4. The molecule has 5 nitrogen and oxygen atoms in total. The second kappa shape index (κ2) is 5.88. The molecule has 1 rings (SSSR count). The maximum absolute atomic E-state index is 12.6. The van der Waals surface area contributed by atoms with Crippen LogP contribution in [0.2, 0.25) is 0 Å². The lowest BCUT2D eigenvalue weighted by Crippen LogP contribution is -2.21. The summed E-state index contributed by atoms with van der Waals surface area (Å²) in [5.41, 5.74) is -1.87. The molecule has 0 saturated heterocycles. The van der Waals surface area contributed by atoms with Crippen LogP contribution in [0.4, 0.5) is 22.0 Å². The summed E-state index contributed by atoms with van der Waals surface area (Å²) >= 11 is 0. The van der Waals surface area contributed by atoms with Gasteiger partial charge in [0.25, 0.3) is 6.43 Å². The van der Waals surface area contributed by atoms with Gasteiger partial charge in [-0.1, -0.05) is 0 Å². The van der Waals surface area contributed by atoms with Gasteiger partial charge in [0.15, 0.2) is 5.69 Å². The molecule has 0 aliphatic carbocycles. The number of hydrogen-bond acceptors (Lipinski definition) is 5. The summed E-state index contributed by atoms with van der Waals surface area (Å²) in [5.74, 6) is -3.13. The van der Waals surface area contributed by atoms with Crippen molar-refractivity contribution in [1.29, 1.82) is 0 Å². The van der Waals surface area contributed by atoms with Gasteiger partial charge in [-0.2, -0.15) is 0 Å². The molecule has 0 radical (unpaired) electrons. The Morgan fingerprint density at radius 2 is 1.90 bits per heavy atom. The van der Waals surface area contributed by atoms with E-state index >= 15 is 0 Å². The number of carbonyl (C=O) groups excluding carboxylic acids is 1. The highest BCUT2D eigenvalue weighted by molar-refractivity contribution is 5.92. The Labute approximate surface area is 109 Å². The molecule has 1 heterocycles. The molecule has 0 N–H and O–H groups in total. The first kappa shape index (κ1) is 15.9. The van der Waals surface area contributed by atoms with Gasteiger partial charge in [0.1, 0.15) is 11.3 Å². The highest BCUT2D eigenvalue weighted by Crippen LogP contribution is 2.34. The standard InChI is InChI=1S/C10H8F5NO4/c1-18-5-3-4(9(17)19-2)8(20-10(13,14)15)16-6(5)7(11)12/h3,7H,1-2H3. The van der Waals surface area contributed by atoms with Crippen LogP contribution in [0.1, 0.15) is 22.5 Å². The number of esters is 1. The average molecular weight is 301 g/mol. The molecule has 0 aromatic carbocycles. The first-order valence-corrected chi connectivity index (χ1v) is 4.90. The fourth-order valence-corrected chi connectivity index (χ4v) is 1.25. The summed E-state index contributed by atoms with van der Waals surface area (Å²) in [5, 5.41) is 0. The number of carbonyl (C=O) groups is 1. The number of nitrogens with zero attached hydrogens (tertiary/aromatic N) is 1.